The summed E-state index contributed by atoms with van der Waals surface area (Å²) in [6.07, 6.45) is 1.09. The number of aliphatic imine (C=N–C) groups is 1. The van der Waals surface area contributed by atoms with Crippen LogP contribution in [0.4, 0.5) is 0 Å². The summed E-state index contributed by atoms with van der Waals surface area (Å²) >= 11 is 1.70. The number of hydrogen-bond donors (Lipinski definition) is 2. The van der Waals surface area contributed by atoms with Crippen LogP contribution in [-0.2, 0) is 12.0 Å². The smallest absolute Gasteiger partial charge is 0.191 e. The number of nitrogens with one attached hydrogen (secondary N) is 2. The Morgan fingerprint density at radius 2 is 2.11 bits per heavy atom. The van der Waals surface area contributed by atoms with E-state index in [1.807, 2.05) is 0 Å². The van der Waals surface area contributed by atoms with E-state index in [4.69, 9.17) is 0 Å². The normalized spacial score (nSPS) is 12.6. The largest absolute Gasteiger partial charge is 0.356 e. The zero-order valence-corrected chi connectivity index (χ0v) is 12.8. The van der Waals surface area contributed by atoms with Gasteiger partial charge >= 0.3 is 0 Å². The standard InChI is InChI=1S/C13H24N4S/c1-6-7-15-12(14-5)16-8-11-17-10(9-18-11)13(2,3)4/h9H,6-8H2,1-5H3,(H2,14,15,16). The van der Waals surface area contributed by atoms with E-state index in [-0.39, 0.29) is 5.41 Å². The monoisotopic (exact) mass is 268 g/mol. The fraction of sp³-hybridized carbons (Fsp3) is 0.692. The molecular formula is C13H24N4S. The van der Waals surface area contributed by atoms with Crippen LogP contribution in [0.2, 0.25) is 0 Å². The highest BCUT2D eigenvalue weighted by atomic mass is 32.1. The molecule has 0 atom stereocenters. The van der Waals surface area contributed by atoms with E-state index < -0.39 is 0 Å². The Morgan fingerprint density at radius 3 is 2.61 bits per heavy atom. The highest BCUT2D eigenvalue weighted by Gasteiger charge is 2.17. The van der Waals surface area contributed by atoms with Crippen molar-refractivity contribution in [2.24, 2.45) is 4.99 Å². The second-order valence-electron chi connectivity index (χ2n) is 5.23. The topological polar surface area (TPSA) is 49.3 Å². The minimum Gasteiger partial charge on any atom is -0.356 e. The summed E-state index contributed by atoms with van der Waals surface area (Å²) in [7, 11) is 1.79. The van der Waals surface area contributed by atoms with Gasteiger partial charge in [0.25, 0.3) is 0 Å². The van der Waals surface area contributed by atoms with E-state index in [0.717, 1.165) is 36.2 Å². The number of nitrogens with zero attached hydrogens (tertiary/aromatic N) is 2. The summed E-state index contributed by atoms with van der Waals surface area (Å²) < 4.78 is 0. The number of aromatic nitrogens is 1. The predicted molar refractivity (Wildman–Crippen MR) is 79.3 cm³/mol. The van der Waals surface area contributed by atoms with Crippen molar-refractivity contribution in [3.63, 3.8) is 0 Å². The van der Waals surface area contributed by atoms with Gasteiger partial charge in [0.2, 0.25) is 0 Å². The lowest BCUT2D eigenvalue weighted by Crippen LogP contribution is -2.37. The zero-order valence-electron chi connectivity index (χ0n) is 12.0. The Balaban J connectivity index is 2.51. The quantitative estimate of drug-likeness (QED) is 0.651. The molecule has 0 radical (unpaired) electrons. The molecule has 1 heterocycles. The molecule has 0 fully saturated rings. The SMILES string of the molecule is CCCNC(=NC)NCc1nc(C(C)(C)C)cs1. The molecule has 1 rings (SSSR count). The van der Waals surface area contributed by atoms with Crippen molar-refractivity contribution in [2.45, 2.75) is 46.1 Å². The van der Waals surface area contributed by atoms with Gasteiger partial charge in [0.05, 0.1) is 12.2 Å². The maximum atomic E-state index is 4.64. The lowest BCUT2D eigenvalue weighted by molar-refractivity contribution is 0.570. The second-order valence-corrected chi connectivity index (χ2v) is 6.17. The van der Waals surface area contributed by atoms with Crippen LogP contribution in [0, 0.1) is 0 Å². The molecule has 0 saturated carbocycles. The third kappa shape index (κ3) is 4.64. The summed E-state index contributed by atoms with van der Waals surface area (Å²) in [5, 5.41) is 9.75. The summed E-state index contributed by atoms with van der Waals surface area (Å²) in [4.78, 5) is 8.81. The zero-order chi connectivity index (χ0) is 13.6. The van der Waals surface area contributed by atoms with Gasteiger partial charge in [-0.1, -0.05) is 27.7 Å². The van der Waals surface area contributed by atoms with Crippen molar-refractivity contribution in [1.29, 1.82) is 0 Å². The van der Waals surface area contributed by atoms with Gasteiger partial charge in [0, 0.05) is 24.4 Å². The van der Waals surface area contributed by atoms with Crippen LogP contribution in [-0.4, -0.2) is 24.5 Å². The molecule has 0 spiro atoms. The fourth-order valence-electron chi connectivity index (χ4n) is 1.36. The molecule has 5 heteroatoms. The van der Waals surface area contributed by atoms with Crippen LogP contribution in [0.5, 0.6) is 0 Å². The van der Waals surface area contributed by atoms with Gasteiger partial charge in [-0.3, -0.25) is 4.99 Å². The van der Waals surface area contributed by atoms with Crippen LogP contribution in [0.15, 0.2) is 10.4 Å². The molecule has 0 bridgehead atoms. The van der Waals surface area contributed by atoms with Crippen LogP contribution >= 0.6 is 11.3 Å². The molecule has 1 aromatic rings. The molecule has 0 aliphatic carbocycles. The third-order valence-corrected chi connectivity index (χ3v) is 3.34. The Labute approximate surface area is 114 Å². The van der Waals surface area contributed by atoms with Crippen molar-refractivity contribution in [2.75, 3.05) is 13.6 Å². The molecule has 0 aromatic carbocycles. The van der Waals surface area contributed by atoms with Crippen LogP contribution in [0.3, 0.4) is 0 Å². The summed E-state index contributed by atoms with van der Waals surface area (Å²) in [6.45, 7) is 10.3. The molecule has 4 nitrogen and oxygen atoms in total. The molecule has 0 saturated heterocycles. The fourth-order valence-corrected chi connectivity index (χ4v) is 2.32. The molecule has 1 aromatic heterocycles. The first-order valence-corrected chi connectivity index (χ1v) is 7.24. The minimum absolute atomic E-state index is 0.122. The highest BCUT2D eigenvalue weighted by Crippen LogP contribution is 2.23. The van der Waals surface area contributed by atoms with Gasteiger partial charge in [0.1, 0.15) is 5.01 Å². The van der Waals surface area contributed by atoms with Crippen molar-refractivity contribution in [1.82, 2.24) is 15.6 Å². The van der Waals surface area contributed by atoms with Gasteiger partial charge in [-0.05, 0) is 6.42 Å². The first kappa shape index (κ1) is 15.0. The average Bonchev–Trinajstić information content (AvgIpc) is 2.78. The van der Waals surface area contributed by atoms with Gasteiger partial charge in [-0.2, -0.15) is 0 Å². The Hall–Kier alpha value is -1.10. The van der Waals surface area contributed by atoms with E-state index in [1.54, 1.807) is 18.4 Å². The average molecular weight is 268 g/mol. The number of guanidine groups is 1. The van der Waals surface area contributed by atoms with Gasteiger partial charge < -0.3 is 10.6 Å². The molecule has 0 aliphatic heterocycles. The summed E-state index contributed by atoms with van der Waals surface area (Å²) in [5.74, 6) is 0.837. The molecule has 0 unspecified atom stereocenters. The van der Waals surface area contributed by atoms with Crippen LogP contribution < -0.4 is 10.6 Å². The minimum atomic E-state index is 0.122. The lowest BCUT2D eigenvalue weighted by Gasteiger charge is -2.14. The van der Waals surface area contributed by atoms with E-state index in [1.165, 1.54) is 0 Å². The maximum absolute atomic E-state index is 4.64. The van der Waals surface area contributed by atoms with Crippen LogP contribution in [0.1, 0.15) is 44.8 Å². The van der Waals surface area contributed by atoms with E-state index in [9.17, 15) is 0 Å². The van der Waals surface area contributed by atoms with Crippen molar-refractivity contribution >= 4 is 17.3 Å². The highest BCUT2D eigenvalue weighted by molar-refractivity contribution is 7.09. The third-order valence-electron chi connectivity index (χ3n) is 2.49. The summed E-state index contributed by atoms with van der Waals surface area (Å²) in [6, 6.07) is 0. The van der Waals surface area contributed by atoms with Gasteiger partial charge in [0.15, 0.2) is 5.96 Å². The number of rotatable bonds is 4. The number of thiazole rings is 1. The van der Waals surface area contributed by atoms with Crippen molar-refractivity contribution < 1.29 is 0 Å². The Morgan fingerprint density at radius 1 is 1.39 bits per heavy atom. The molecule has 0 aliphatic rings. The predicted octanol–water partition coefficient (Wildman–Crippen LogP) is 2.52. The van der Waals surface area contributed by atoms with Crippen molar-refractivity contribution in [3.8, 4) is 0 Å². The Kier molecular flexibility index (Phi) is 5.59. The van der Waals surface area contributed by atoms with Gasteiger partial charge in [-0.25, -0.2) is 4.98 Å². The first-order valence-electron chi connectivity index (χ1n) is 6.36. The van der Waals surface area contributed by atoms with Gasteiger partial charge in [-0.15, -0.1) is 11.3 Å². The first-order chi connectivity index (χ1) is 8.47. The molecule has 0 amide bonds. The Bertz CT molecular complexity index is 390. The molecular weight excluding hydrogens is 244 g/mol. The van der Waals surface area contributed by atoms with E-state index >= 15 is 0 Å². The molecule has 2 N–H and O–H groups in total. The maximum Gasteiger partial charge on any atom is 0.191 e. The lowest BCUT2D eigenvalue weighted by atomic mass is 9.93. The van der Waals surface area contributed by atoms with Crippen molar-refractivity contribution in [3.05, 3.63) is 16.1 Å². The molecule has 18 heavy (non-hydrogen) atoms. The molecule has 102 valence electrons. The summed E-state index contributed by atoms with van der Waals surface area (Å²) in [5.41, 5.74) is 1.28. The number of hydrogen-bond acceptors (Lipinski definition) is 3. The van der Waals surface area contributed by atoms with E-state index in [2.05, 4.69) is 53.7 Å². The second kappa shape index (κ2) is 6.73. The van der Waals surface area contributed by atoms with Crippen LogP contribution in [0.25, 0.3) is 0 Å². The van der Waals surface area contributed by atoms with E-state index in [0.29, 0.717) is 0 Å².